The van der Waals surface area contributed by atoms with Gasteiger partial charge in [-0.25, -0.2) is 0 Å². The lowest BCUT2D eigenvalue weighted by atomic mass is 9.99. The Hall–Kier alpha value is -1.44. The van der Waals surface area contributed by atoms with Crippen LogP contribution >= 0.6 is 0 Å². The molecule has 1 heterocycles. The molecule has 2 nitrogen and oxygen atoms in total. The first kappa shape index (κ1) is 7.22. The molecule has 2 heteroatoms. The van der Waals surface area contributed by atoms with Crippen molar-refractivity contribution in [3.63, 3.8) is 0 Å². The molecule has 1 aromatic rings. The van der Waals surface area contributed by atoms with Gasteiger partial charge in [0, 0.05) is 12.6 Å². The highest BCUT2D eigenvalue weighted by atomic mass is 16.1. The smallest absolute Gasteiger partial charge is 0.144 e. The summed E-state index contributed by atoms with van der Waals surface area (Å²) in [4.78, 5) is 14.6. The van der Waals surface area contributed by atoms with Gasteiger partial charge in [-0.1, -0.05) is 24.3 Å². The number of aliphatic imine (C=N–C) groups is 1. The van der Waals surface area contributed by atoms with Crippen LogP contribution < -0.4 is 0 Å². The highest BCUT2D eigenvalue weighted by Gasteiger charge is 2.12. The van der Waals surface area contributed by atoms with Crippen LogP contribution in [-0.2, 0) is 11.2 Å². The lowest BCUT2D eigenvalue weighted by Gasteiger charge is -2.13. The van der Waals surface area contributed by atoms with E-state index in [0.717, 1.165) is 18.3 Å². The molecule has 12 heavy (non-hydrogen) atoms. The molecule has 0 bridgehead atoms. The van der Waals surface area contributed by atoms with E-state index in [0.29, 0.717) is 0 Å². The molecule has 0 radical (unpaired) electrons. The van der Waals surface area contributed by atoms with E-state index in [9.17, 15) is 4.79 Å². The van der Waals surface area contributed by atoms with E-state index in [4.69, 9.17) is 0 Å². The molecule has 60 valence electrons. The highest BCUT2D eigenvalue weighted by molar-refractivity contribution is 5.85. The van der Waals surface area contributed by atoms with Gasteiger partial charge in [0.2, 0.25) is 0 Å². The number of carbonyl (C=O) groups is 1. The lowest BCUT2D eigenvalue weighted by molar-refractivity contribution is -0.108. The number of nitrogens with zero attached hydrogens (tertiary/aromatic N) is 1. The van der Waals surface area contributed by atoms with E-state index in [1.807, 2.05) is 24.3 Å². The van der Waals surface area contributed by atoms with Gasteiger partial charge < -0.3 is 4.79 Å². The summed E-state index contributed by atoms with van der Waals surface area (Å²) in [6.07, 6.45) is 3.42. The molecule has 1 aliphatic rings. The maximum atomic E-state index is 10.5. The second-order valence-corrected chi connectivity index (χ2v) is 2.88. The molecule has 0 aliphatic carbocycles. The minimum absolute atomic E-state index is 0.167. The van der Waals surface area contributed by atoms with Crippen molar-refractivity contribution in [1.82, 2.24) is 0 Å². The van der Waals surface area contributed by atoms with E-state index in [2.05, 4.69) is 4.99 Å². The first-order valence-electron chi connectivity index (χ1n) is 3.96. The van der Waals surface area contributed by atoms with Crippen LogP contribution in [0.1, 0.15) is 11.1 Å². The van der Waals surface area contributed by atoms with Gasteiger partial charge in [-0.05, 0) is 11.1 Å². The molecule has 0 unspecified atom stereocenters. The van der Waals surface area contributed by atoms with Crippen molar-refractivity contribution >= 4 is 12.5 Å². The van der Waals surface area contributed by atoms with Crippen molar-refractivity contribution in [2.75, 3.05) is 0 Å². The zero-order valence-corrected chi connectivity index (χ0v) is 6.60. The zero-order chi connectivity index (χ0) is 8.39. The van der Waals surface area contributed by atoms with Crippen LogP contribution in [0.25, 0.3) is 0 Å². The largest absolute Gasteiger partial charge is 0.301 e. The molecule has 1 atom stereocenters. The average molecular weight is 159 g/mol. The van der Waals surface area contributed by atoms with E-state index in [1.165, 1.54) is 5.56 Å². The van der Waals surface area contributed by atoms with Crippen LogP contribution in [-0.4, -0.2) is 18.5 Å². The third kappa shape index (κ3) is 1.16. The van der Waals surface area contributed by atoms with E-state index >= 15 is 0 Å². The molecule has 0 amide bonds. The van der Waals surface area contributed by atoms with E-state index < -0.39 is 0 Å². The van der Waals surface area contributed by atoms with Crippen LogP contribution in [0.3, 0.4) is 0 Å². The van der Waals surface area contributed by atoms with Crippen LogP contribution in [0.2, 0.25) is 0 Å². The van der Waals surface area contributed by atoms with Crippen molar-refractivity contribution in [2.24, 2.45) is 4.99 Å². The molecule has 2 rings (SSSR count). The molecule has 1 aliphatic heterocycles. The minimum atomic E-state index is -0.167. The minimum Gasteiger partial charge on any atom is -0.301 e. The molecule has 0 spiro atoms. The van der Waals surface area contributed by atoms with Crippen molar-refractivity contribution in [1.29, 1.82) is 0 Å². The lowest BCUT2D eigenvalue weighted by Crippen LogP contribution is -2.16. The van der Waals surface area contributed by atoms with Gasteiger partial charge in [0.1, 0.15) is 12.3 Å². The van der Waals surface area contributed by atoms with E-state index in [1.54, 1.807) is 6.21 Å². The van der Waals surface area contributed by atoms with Crippen molar-refractivity contribution in [2.45, 2.75) is 12.5 Å². The van der Waals surface area contributed by atoms with Gasteiger partial charge in [-0.2, -0.15) is 0 Å². The summed E-state index contributed by atoms with van der Waals surface area (Å²) >= 11 is 0. The van der Waals surface area contributed by atoms with Crippen LogP contribution in [0.5, 0.6) is 0 Å². The monoisotopic (exact) mass is 159 g/mol. The van der Waals surface area contributed by atoms with Crippen LogP contribution in [0, 0.1) is 0 Å². The Morgan fingerprint density at radius 2 is 2.25 bits per heavy atom. The number of carbonyl (C=O) groups excluding carboxylic acids is 1. The van der Waals surface area contributed by atoms with Gasteiger partial charge in [0.05, 0.1) is 0 Å². The molecule has 0 aromatic heterocycles. The maximum Gasteiger partial charge on any atom is 0.144 e. The van der Waals surface area contributed by atoms with Crippen LogP contribution in [0.15, 0.2) is 29.3 Å². The molecular weight excluding hydrogens is 150 g/mol. The molecule has 0 saturated carbocycles. The summed E-state index contributed by atoms with van der Waals surface area (Å²) in [6.45, 7) is 0. The SMILES string of the molecule is O=C[C@@H]1Cc2ccccc2C=N1. The summed E-state index contributed by atoms with van der Waals surface area (Å²) in [5, 5.41) is 0. The fourth-order valence-corrected chi connectivity index (χ4v) is 1.38. The van der Waals surface area contributed by atoms with Crippen LogP contribution in [0.4, 0.5) is 0 Å². The Morgan fingerprint density at radius 3 is 3.08 bits per heavy atom. The number of fused-ring (bicyclic) bond motifs is 1. The van der Waals surface area contributed by atoms with Gasteiger partial charge >= 0.3 is 0 Å². The predicted octanol–water partition coefficient (Wildman–Crippen LogP) is 1.23. The predicted molar refractivity (Wildman–Crippen MR) is 47.6 cm³/mol. The summed E-state index contributed by atoms with van der Waals surface area (Å²) < 4.78 is 0. The Morgan fingerprint density at radius 1 is 1.42 bits per heavy atom. The Kier molecular flexibility index (Phi) is 1.74. The first-order chi connectivity index (χ1) is 5.90. The average Bonchev–Trinajstić information content (AvgIpc) is 2.17. The topological polar surface area (TPSA) is 29.4 Å². The number of rotatable bonds is 1. The highest BCUT2D eigenvalue weighted by Crippen LogP contribution is 2.14. The quantitative estimate of drug-likeness (QED) is 0.567. The fraction of sp³-hybridized carbons (Fsp3) is 0.200. The van der Waals surface area contributed by atoms with Crippen molar-refractivity contribution in [3.05, 3.63) is 35.4 Å². The number of hydrogen-bond acceptors (Lipinski definition) is 2. The third-order valence-corrected chi connectivity index (χ3v) is 2.05. The number of hydrogen-bond donors (Lipinski definition) is 0. The molecule has 0 saturated heterocycles. The second kappa shape index (κ2) is 2.89. The Labute approximate surface area is 70.9 Å². The molecule has 1 aromatic carbocycles. The fourth-order valence-electron chi connectivity index (χ4n) is 1.38. The maximum absolute atomic E-state index is 10.5. The van der Waals surface area contributed by atoms with Crippen molar-refractivity contribution < 1.29 is 4.79 Å². The molecular formula is C10H9NO. The normalized spacial score (nSPS) is 20.2. The second-order valence-electron chi connectivity index (χ2n) is 2.88. The third-order valence-electron chi connectivity index (χ3n) is 2.05. The Bertz CT molecular complexity index is 330. The molecule has 0 fully saturated rings. The van der Waals surface area contributed by atoms with Crippen molar-refractivity contribution in [3.8, 4) is 0 Å². The van der Waals surface area contributed by atoms with Gasteiger partial charge in [0.15, 0.2) is 0 Å². The summed E-state index contributed by atoms with van der Waals surface area (Å²) in [7, 11) is 0. The van der Waals surface area contributed by atoms with E-state index in [-0.39, 0.29) is 6.04 Å². The number of benzene rings is 1. The van der Waals surface area contributed by atoms with Gasteiger partial charge in [0.25, 0.3) is 0 Å². The van der Waals surface area contributed by atoms with Gasteiger partial charge in [-0.15, -0.1) is 0 Å². The van der Waals surface area contributed by atoms with Gasteiger partial charge in [-0.3, -0.25) is 4.99 Å². The first-order valence-corrected chi connectivity index (χ1v) is 3.96. The Balaban J connectivity index is 2.39. The zero-order valence-electron chi connectivity index (χ0n) is 6.60. The summed E-state index contributed by atoms with van der Waals surface area (Å²) in [5.41, 5.74) is 2.35. The standard InChI is InChI=1S/C10H9NO/c12-7-10-5-8-3-1-2-4-9(8)6-11-10/h1-4,6-7,10H,5H2/t10-/m0/s1. The number of aldehydes is 1. The summed E-state index contributed by atoms with van der Waals surface area (Å²) in [6, 6.07) is 7.85. The molecule has 0 N–H and O–H groups in total. The summed E-state index contributed by atoms with van der Waals surface area (Å²) in [5.74, 6) is 0.